The Labute approximate surface area is 191 Å². The lowest BCUT2D eigenvalue weighted by Gasteiger charge is -2.26. The van der Waals surface area contributed by atoms with E-state index in [1.54, 1.807) is 36.4 Å². The average molecular weight is 501 g/mol. The van der Waals surface area contributed by atoms with E-state index < -0.39 is 55.0 Å². The Morgan fingerprint density at radius 3 is 1.91 bits per heavy atom. The van der Waals surface area contributed by atoms with Crippen LogP contribution >= 0.6 is 8.18 Å². The minimum atomic E-state index is -3.97. The lowest BCUT2D eigenvalue weighted by molar-refractivity contribution is -0.156. The van der Waals surface area contributed by atoms with Crippen molar-refractivity contribution in [2.75, 3.05) is 0 Å². The first-order valence-electron chi connectivity index (χ1n) is 9.66. The number of hydroxylamine groups is 1. The van der Waals surface area contributed by atoms with Gasteiger partial charge in [0.1, 0.15) is 12.4 Å². The van der Waals surface area contributed by atoms with Crippen LogP contribution in [0.25, 0.3) is 0 Å². The molecule has 180 valence electrons. The van der Waals surface area contributed by atoms with Crippen LogP contribution in [0.15, 0.2) is 60.7 Å². The van der Waals surface area contributed by atoms with Gasteiger partial charge in [0.25, 0.3) is 0 Å². The molecule has 2 atom stereocenters. The van der Waals surface area contributed by atoms with E-state index in [9.17, 15) is 31.3 Å². The number of carbonyl (C=O) groups excluding carboxylic acids is 1. The van der Waals surface area contributed by atoms with E-state index >= 15 is 0 Å². The van der Waals surface area contributed by atoms with E-state index in [4.69, 9.17) is 9.57 Å². The number of esters is 1. The molecule has 0 radical (unpaired) electrons. The van der Waals surface area contributed by atoms with Gasteiger partial charge in [-0.15, -0.1) is 0 Å². The maximum atomic E-state index is 14.0. The van der Waals surface area contributed by atoms with Crippen LogP contribution in [-0.2, 0) is 20.7 Å². The smallest absolute Gasteiger partial charge is 0.341 e. The van der Waals surface area contributed by atoms with Crippen LogP contribution in [0.2, 0.25) is 0 Å². The Hall–Kier alpha value is -3.43. The quantitative estimate of drug-likeness (QED) is 0.0953. The Morgan fingerprint density at radius 1 is 0.853 bits per heavy atom. The molecular weight excluding hydrogens is 484 g/mol. The largest absolute Gasteiger partial charge is 0.460 e. The number of hydrogen-bond donors (Lipinski definition) is 0. The third-order valence-corrected chi connectivity index (χ3v) is 5.62. The van der Waals surface area contributed by atoms with Crippen LogP contribution in [0.4, 0.5) is 22.0 Å². The van der Waals surface area contributed by atoms with Gasteiger partial charge in [0.2, 0.25) is 34.8 Å². The number of nitrogens with zero attached hydrogens (tertiary/aromatic N) is 1. The molecule has 0 aliphatic heterocycles. The van der Waals surface area contributed by atoms with Gasteiger partial charge in [-0.1, -0.05) is 48.5 Å². The molecule has 34 heavy (non-hydrogen) atoms. The van der Waals surface area contributed by atoms with Crippen molar-refractivity contribution in [1.82, 2.24) is 4.83 Å². The Bertz CT molecular complexity index is 1150. The second kappa shape index (κ2) is 11.1. The SMILES string of the molecule is CC(C(=O)OCc1ccccc1)N(Oc1ccccc1)[PH](=O)Oc1c(F)c(F)c(F)c(F)c1F. The number of halogens is 5. The molecule has 0 aromatic heterocycles. The van der Waals surface area contributed by atoms with Crippen LogP contribution in [-0.4, -0.2) is 16.8 Å². The number of ether oxygens (including phenoxy) is 1. The van der Waals surface area contributed by atoms with E-state index in [1.165, 1.54) is 31.2 Å². The van der Waals surface area contributed by atoms with E-state index in [-0.39, 0.29) is 12.4 Å². The second-order valence-corrected chi connectivity index (χ2v) is 7.94. The number of para-hydroxylation sites is 1. The molecule has 0 saturated heterocycles. The predicted molar refractivity (Wildman–Crippen MR) is 110 cm³/mol. The summed E-state index contributed by atoms with van der Waals surface area (Å²) in [7, 11) is -3.97. The highest BCUT2D eigenvalue weighted by atomic mass is 31.1. The lowest BCUT2D eigenvalue weighted by Crippen LogP contribution is -2.38. The molecule has 3 aromatic rings. The standard InChI is InChI=1S/C22H17F5NO5P/c1-13(22(29)31-12-14-8-4-2-5-9-14)28(32-15-10-6-3-7-11-15)34(30)33-21-19(26)17(24)16(23)18(25)20(21)27/h2-11,13,34H,12H2,1H3. The van der Waals surface area contributed by atoms with Crippen molar-refractivity contribution in [3.05, 3.63) is 95.3 Å². The van der Waals surface area contributed by atoms with Crippen LogP contribution in [0.5, 0.6) is 11.5 Å². The van der Waals surface area contributed by atoms with Gasteiger partial charge in [-0.25, -0.2) is 13.2 Å². The van der Waals surface area contributed by atoms with Gasteiger partial charge < -0.3 is 14.1 Å². The van der Waals surface area contributed by atoms with Crippen LogP contribution < -0.4 is 9.36 Å². The molecule has 0 aliphatic rings. The first-order chi connectivity index (χ1) is 16.2. The third-order valence-electron chi connectivity index (χ3n) is 4.40. The molecule has 0 aliphatic carbocycles. The van der Waals surface area contributed by atoms with Gasteiger partial charge in [0.15, 0.2) is 6.04 Å². The second-order valence-electron chi connectivity index (χ2n) is 6.77. The number of carbonyl (C=O) groups is 1. The summed E-state index contributed by atoms with van der Waals surface area (Å²) in [6, 6.07) is 14.6. The fourth-order valence-electron chi connectivity index (χ4n) is 2.62. The number of benzene rings is 3. The highest BCUT2D eigenvalue weighted by Crippen LogP contribution is 2.39. The van der Waals surface area contributed by atoms with Crippen molar-refractivity contribution >= 4 is 14.1 Å². The fourth-order valence-corrected chi connectivity index (χ4v) is 3.67. The minimum absolute atomic E-state index is 0.0459. The first-order valence-corrected chi connectivity index (χ1v) is 10.9. The van der Waals surface area contributed by atoms with Crippen molar-refractivity contribution in [1.29, 1.82) is 0 Å². The average Bonchev–Trinajstić information content (AvgIpc) is 2.86. The van der Waals surface area contributed by atoms with Gasteiger partial charge in [0, 0.05) is 0 Å². The molecule has 3 aromatic carbocycles. The maximum absolute atomic E-state index is 14.0. The summed E-state index contributed by atoms with van der Waals surface area (Å²) >= 11 is 0. The van der Waals surface area contributed by atoms with E-state index in [0.29, 0.717) is 10.4 Å². The van der Waals surface area contributed by atoms with Gasteiger partial charge >= 0.3 is 14.1 Å². The molecule has 0 bridgehead atoms. The third kappa shape index (κ3) is 5.73. The Kier molecular flexibility index (Phi) is 8.25. The summed E-state index contributed by atoms with van der Waals surface area (Å²) in [4.78, 5) is 18.4. The van der Waals surface area contributed by atoms with Crippen LogP contribution in [0.1, 0.15) is 12.5 Å². The van der Waals surface area contributed by atoms with Crippen molar-refractivity contribution in [2.24, 2.45) is 0 Å². The zero-order valence-electron chi connectivity index (χ0n) is 17.4. The molecule has 0 spiro atoms. The summed E-state index contributed by atoms with van der Waals surface area (Å²) in [5.41, 5.74) is 0.642. The molecule has 3 rings (SSSR count). The zero-order valence-corrected chi connectivity index (χ0v) is 18.4. The van der Waals surface area contributed by atoms with E-state index in [1.807, 2.05) is 0 Å². The highest BCUT2D eigenvalue weighted by Gasteiger charge is 2.34. The van der Waals surface area contributed by atoms with Gasteiger partial charge in [-0.2, -0.15) is 8.78 Å². The predicted octanol–water partition coefficient (Wildman–Crippen LogP) is 5.58. The van der Waals surface area contributed by atoms with E-state index in [0.717, 1.165) is 0 Å². The summed E-state index contributed by atoms with van der Waals surface area (Å²) < 4.78 is 90.9. The molecule has 12 heteroatoms. The van der Waals surface area contributed by atoms with Crippen molar-refractivity contribution < 1.29 is 45.4 Å². The summed E-state index contributed by atoms with van der Waals surface area (Å²) in [5, 5.41) is 0. The Balaban J connectivity index is 1.85. The summed E-state index contributed by atoms with van der Waals surface area (Å²) in [5.74, 6) is -14.3. The van der Waals surface area contributed by atoms with Crippen molar-refractivity contribution in [3.63, 3.8) is 0 Å². The molecule has 0 amide bonds. The molecule has 0 N–H and O–H groups in total. The minimum Gasteiger partial charge on any atom is -0.460 e. The number of rotatable bonds is 9. The highest BCUT2D eigenvalue weighted by molar-refractivity contribution is 7.36. The summed E-state index contributed by atoms with van der Waals surface area (Å²) in [6.07, 6.45) is 0. The summed E-state index contributed by atoms with van der Waals surface area (Å²) in [6.45, 7) is 1.04. The van der Waals surface area contributed by atoms with Crippen molar-refractivity contribution in [3.8, 4) is 11.5 Å². The van der Waals surface area contributed by atoms with Crippen molar-refractivity contribution in [2.45, 2.75) is 19.6 Å². The topological polar surface area (TPSA) is 65.1 Å². The molecule has 0 saturated carbocycles. The lowest BCUT2D eigenvalue weighted by atomic mass is 10.2. The zero-order chi connectivity index (χ0) is 24.8. The molecular formula is C22H17F5NO5P. The number of hydrogen-bond acceptors (Lipinski definition) is 5. The maximum Gasteiger partial charge on any atom is 0.341 e. The van der Waals surface area contributed by atoms with Gasteiger partial charge in [0.05, 0.1) is 0 Å². The molecule has 0 heterocycles. The molecule has 0 fully saturated rings. The monoisotopic (exact) mass is 501 g/mol. The fraction of sp³-hybridized carbons (Fsp3) is 0.136. The molecule has 6 nitrogen and oxygen atoms in total. The Morgan fingerprint density at radius 2 is 1.35 bits per heavy atom. The normalized spacial score (nSPS) is 12.8. The van der Waals surface area contributed by atoms with Crippen LogP contribution in [0, 0.1) is 29.1 Å². The molecule has 2 unspecified atom stereocenters. The van der Waals surface area contributed by atoms with Gasteiger partial charge in [-0.3, -0.25) is 9.36 Å². The van der Waals surface area contributed by atoms with Gasteiger partial charge in [-0.05, 0) is 29.5 Å². The first kappa shape index (κ1) is 25.2. The van der Waals surface area contributed by atoms with E-state index in [2.05, 4.69) is 4.52 Å². The van der Waals surface area contributed by atoms with Crippen LogP contribution in [0.3, 0.4) is 0 Å².